The van der Waals surface area contributed by atoms with E-state index in [2.05, 4.69) is 39.9 Å². The molecular weight excluding hydrogens is 226 g/mol. The van der Waals surface area contributed by atoms with Crippen LogP contribution in [0.4, 0.5) is 0 Å². The minimum atomic E-state index is 0.0781. The fourth-order valence-electron chi connectivity index (χ4n) is 1.72. The minimum absolute atomic E-state index is 0.0781. The molecular formula is C15H25NO2. The second kappa shape index (κ2) is 5.61. The van der Waals surface area contributed by atoms with Crippen LogP contribution in [0.1, 0.15) is 46.2 Å². The van der Waals surface area contributed by atoms with Gasteiger partial charge >= 0.3 is 0 Å². The van der Waals surface area contributed by atoms with Crippen molar-refractivity contribution in [3.63, 3.8) is 0 Å². The summed E-state index contributed by atoms with van der Waals surface area (Å²) in [6.07, 6.45) is 0. The summed E-state index contributed by atoms with van der Waals surface area (Å²) in [5.74, 6) is 1.07. The van der Waals surface area contributed by atoms with Gasteiger partial charge in [-0.05, 0) is 37.5 Å². The van der Waals surface area contributed by atoms with Crippen molar-refractivity contribution in [1.82, 2.24) is 5.32 Å². The van der Waals surface area contributed by atoms with Gasteiger partial charge in [-0.1, -0.05) is 20.8 Å². The van der Waals surface area contributed by atoms with Crippen LogP contribution in [0.3, 0.4) is 0 Å². The number of phenolic OH excluding ortho intramolecular Hbond substituents is 1. The van der Waals surface area contributed by atoms with Crippen LogP contribution in [-0.4, -0.2) is 18.3 Å². The van der Waals surface area contributed by atoms with E-state index in [0.717, 1.165) is 11.3 Å². The molecule has 0 heterocycles. The quantitative estimate of drug-likeness (QED) is 0.860. The normalized spacial score (nSPS) is 15.2. The molecule has 1 aromatic carbocycles. The number of methoxy groups -OCH3 is 1. The largest absolute Gasteiger partial charge is 0.508 e. The summed E-state index contributed by atoms with van der Waals surface area (Å²) in [6.45, 7) is 10.8. The highest BCUT2D eigenvalue weighted by atomic mass is 16.5. The lowest BCUT2D eigenvalue weighted by molar-refractivity contribution is 0.266. The number of hydrogen-bond donors (Lipinski definition) is 2. The standard InChI is InChI=1S/C15H25NO2/c1-10(16-11(2)15(3,4)5)13-9-12(18-6)7-8-14(13)17/h7-11,16-17H,1-6H3. The van der Waals surface area contributed by atoms with E-state index in [4.69, 9.17) is 4.74 Å². The van der Waals surface area contributed by atoms with Crippen molar-refractivity contribution in [3.8, 4) is 11.5 Å². The lowest BCUT2D eigenvalue weighted by atomic mass is 9.87. The van der Waals surface area contributed by atoms with Gasteiger partial charge in [-0.25, -0.2) is 0 Å². The fraction of sp³-hybridized carbons (Fsp3) is 0.600. The lowest BCUT2D eigenvalue weighted by Gasteiger charge is -2.31. The van der Waals surface area contributed by atoms with Gasteiger partial charge in [0.1, 0.15) is 11.5 Å². The zero-order valence-electron chi connectivity index (χ0n) is 12.2. The van der Waals surface area contributed by atoms with Crippen molar-refractivity contribution in [3.05, 3.63) is 23.8 Å². The van der Waals surface area contributed by atoms with Crippen LogP contribution in [0.5, 0.6) is 11.5 Å². The van der Waals surface area contributed by atoms with E-state index in [1.165, 1.54) is 0 Å². The first-order valence-corrected chi connectivity index (χ1v) is 6.38. The second-order valence-electron chi connectivity index (χ2n) is 5.90. The third-order valence-electron chi connectivity index (χ3n) is 3.50. The molecule has 2 unspecified atom stereocenters. The van der Waals surface area contributed by atoms with Crippen molar-refractivity contribution in [2.24, 2.45) is 5.41 Å². The zero-order valence-corrected chi connectivity index (χ0v) is 12.2. The van der Waals surface area contributed by atoms with E-state index in [1.54, 1.807) is 19.2 Å². The molecule has 3 nitrogen and oxygen atoms in total. The summed E-state index contributed by atoms with van der Waals surface area (Å²) < 4.78 is 5.19. The molecule has 1 aromatic rings. The molecule has 0 aromatic heterocycles. The summed E-state index contributed by atoms with van der Waals surface area (Å²) in [5.41, 5.74) is 1.05. The summed E-state index contributed by atoms with van der Waals surface area (Å²) in [7, 11) is 1.63. The maximum atomic E-state index is 9.92. The van der Waals surface area contributed by atoms with Crippen LogP contribution in [0, 0.1) is 5.41 Å². The van der Waals surface area contributed by atoms with Crippen LogP contribution < -0.4 is 10.1 Å². The third-order valence-corrected chi connectivity index (χ3v) is 3.50. The topological polar surface area (TPSA) is 41.5 Å². The molecule has 102 valence electrons. The summed E-state index contributed by atoms with van der Waals surface area (Å²) in [6, 6.07) is 5.74. The first kappa shape index (κ1) is 14.8. The molecule has 18 heavy (non-hydrogen) atoms. The van der Waals surface area contributed by atoms with E-state index in [0.29, 0.717) is 11.8 Å². The van der Waals surface area contributed by atoms with Crippen molar-refractivity contribution < 1.29 is 9.84 Å². The Kier molecular flexibility index (Phi) is 4.63. The van der Waals surface area contributed by atoms with Crippen molar-refractivity contribution in [2.45, 2.75) is 46.7 Å². The molecule has 0 radical (unpaired) electrons. The molecule has 0 spiro atoms. The highest BCUT2D eigenvalue weighted by Gasteiger charge is 2.22. The number of hydrogen-bond acceptors (Lipinski definition) is 3. The average Bonchev–Trinajstić information content (AvgIpc) is 2.28. The van der Waals surface area contributed by atoms with E-state index in [1.807, 2.05) is 6.07 Å². The average molecular weight is 251 g/mol. The number of nitrogens with one attached hydrogen (secondary N) is 1. The van der Waals surface area contributed by atoms with Crippen LogP contribution in [0.25, 0.3) is 0 Å². The molecule has 0 aliphatic rings. The molecule has 0 aliphatic carbocycles. The first-order valence-electron chi connectivity index (χ1n) is 6.38. The van der Waals surface area contributed by atoms with Gasteiger partial charge in [-0.3, -0.25) is 0 Å². The van der Waals surface area contributed by atoms with E-state index >= 15 is 0 Å². The number of benzene rings is 1. The Labute approximate surface area is 110 Å². The maximum Gasteiger partial charge on any atom is 0.120 e. The van der Waals surface area contributed by atoms with Crippen LogP contribution in [-0.2, 0) is 0 Å². The van der Waals surface area contributed by atoms with Crippen LogP contribution in [0.2, 0.25) is 0 Å². The van der Waals surface area contributed by atoms with Gasteiger partial charge in [0.15, 0.2) is 0 Å². The Bertz CT molecular complexity index is 396. The fourth-order valence-corrected chi connectivity index (χ4v) is 1.72. The molecule has 1 rings (SSSR count). The van der Waals surface area contributed by atoms with Gasteiger partial charge in [0.05, 0.1) is 7.11 Å². The summed E-state index contributed by atoms with van der Waals surface area (Å²) >= 11 is 0. The first-order chi connectivity index (χ1) is 8.25. The smallest absolute Gasteiger partial charge is 0.120 e. The molecule has 0 bridgehead atoms. The molecule has 0 saturated heterocycles. The number of aromatic hydroxyl groups is 1. The van der Waals surface area contributed by atoms with Gasteiger partial charge < -0.3 is 15.2 Å². The lowest BCUT2D eigenvalue weighted by Crippen LogP contribution is -2.39. The number of phenols is 1. The van der Waals surface area contributed by atoms with E-state index in [9.17, 15) is 5.11 Å². The number of ether oxygens (including phenoxy) is 1. The zero-order chi connectivity index (χ0) is 13.9. The molecule has 3 heteroatoms. The molecule has 2 atom stereocenters. The molecule has 0 amide bonds. The minimum Gasteiger partial charge on any atom is -0.508 e. The molecule has 0 aliphatic heterocycles. The Morgan fingerprint density at radius 3 is 2.33 bits per heavy atom. The van der Waals surface area contributed by atoms with Gasteiger partial charge in [0.2, 0.25) is 0 Å². The molecule has 0 fully saturated rings. The highest BCUT2D eigenvalue weighted by Crippen LogP contribution is 2.30. The van der Waals surface area contributed by atoms with E-state index in [-0.39, 0.29) is 11.5 Å². The predicted molar refractivity (Wildman–Crippen MR) is 75.1 cm³/mol. The SMILES string of the molecule is COc1ccc(O)c(C(C)NC(C)C(C)(C)C)c1. The third kappa shape index (κ3) is 3.64. The molecule has 0 saturated carbocycles. The van der Waals surface area contributed by atoms with Crippen molar-refractivity contribution in [2.75, 3.05) is 7.11 Å². The Morgan fingerprint density at radius 2 is 1.83 bits per heavy atom. The van der Waals surface area contributed by atoms with E-state index < -0.39 is 0 Å². The van der Waals surface area contributed by atoms with Crippen molar-refractivity contribution in [1.29, 1.82) is 0 Å². The van der Waals surface area contributed by atoms with Gasteiger partial charge in [0.25, 0.3) is 0 Å². The van der Waals surface area contributed by atoms with Gasteiger partial charge in [0, 0.05) is 17.6 Å². The summed E-state index contributed by atoms with van der Waals surface area (Å²) in [5, 5.41) is 13.4. The second-order valence-corrected chi connectivity index (χ2v) is 5.90. The monoisotopic (exact) mass is 251 g/mol. The maximum absolute atomic E-state index is 9.92. The Hall–Kier alpha value is -1.22. The van der Waals surface area contributed by atoms with Gasteiger partial charge in [-0.2, -0.15) is 0 Å². The Morgan fingerprint density at radius 1 is 1.22 bits per heavy atom. The Balaban J connectivity index is 2.87. The highest BCUT2D eigenvalue weighted by molar-refractivity contribution is 5.41. The van der Waals surface area contributed by atoms with Gasteiger partial charge in [-0.15, -0.1) is 0 Å². The van der Waals surface area contributed by atoms with Crippen LogP contribution in [0.15, 0.2) is 18.2 Å². The summed E-state index contributed by atoms with van der Waals surface area (Å²) in [4.78, 5) is 0. The number of rotatable bonds is 4. The predicted octanol–water partition coefficient (Wildman–Crippen LogP) is 3.49. The van der Waals surface area contributed by atoms with Crippen molar-refractivity contribution >= 4 is 0 Å². The molecule has 2 N–H and O–H groups in total. The van der Waals surface area contributed by atoms with Crippen LogP contribution >= 0.6 is 0 Å².